The number of aromatic nitrogens is 2. The van der Waals surface area contributed by atoms with Crippen molar-refractivity contribution in [1.82, 2.24) is 14.9 Å². The number of unbranched alkanes of at least 4 members (excludes halogenated alkanes) is 1. The maximum absolute atomic E-state index is 12.4. The summed E-state index contributed by atoms with van der Waals surface area (Å²) in [6, 6.07) is 22.0. The van der Waals surface area contributed by atoms with Gasteiger partial charge in [0.05, 0.1) is 31.2 Å². The number of para-hydroxylation sites is 2. The van der Waals surface area contributed by atoms with Gasteiger partial charge in [-0.25, -0.2) is 4.98 Å². The Morgan fingerprint density at radius 1 is 0.972 bits per heavy atom. The predicted molar refractivity (Wildman–Crippen MR) is 144 cm³/mol. The standard InChI is InChI=1S/C30H35N3O3/c1-22-9-8-12-28(23(22)2)36-20-7-6-19-33-27-11-5-4-10-26(27)32-29(33)17-18-31-30(34)21-24-13-15-25(35-3)16-14-24/h4-5,8-16H,6-7,17-21H2,1-3H3,(H,31,34). The van der Waals surface area contributed by atoms with Crippen molar-refractivity contribution in [3.05, 3.63) is 89.2 Å². The van der Waals surface area contributed by atoms with Crippen LogP contribution in [0.2, 0.25) is 0 Å². The zero-order valence-electron chi connectivity index (χ0n) is 21.4. The van der Waals surface area contributed by atoms with E-state index in [1.807, 2.05) is 54.6 Å². The van der Waals surface area contributed by atoms with Gasteiger partial charge in [0.25, 0.3) is 0 Å². The predicted octanol–water partition coefficient (Wildman–Crippen LogP) is 5.42. The van der Waals surface area contributed by atoms with E-state index < -0.39 is 0 Å². The minimum atomic E-state index is 0.00594. The molecule has 0 radical (unpaired) electrons. The number of aryl methyl sites for hydroxylation is 2. The quantitative estimate of drug-likeness (QED) is 0.272. The van der Waals surface area contributed by atoms with Gasteiger partial charge < -0.3 is 19.4 Å². The van der Waals surface area contributed by atoms with E-state index in [-0.39, 0.29) is 5.91 Å². The molecule has 0 bridgehead atoms. The molecule has 0 aliphatic carbocycles. The lowest BCUT2D eigenvalue weighted by atomic mass is 10.1. The Morgan fingerprint density at radius 2 is 1.78 bits per heavy atom. The van der Waals surface area contributed by atoms with E-state index >= 15 is 0 Å². The van der Waals surface area contributed by atoms with Crippen LogP contribution >= 0.6 is 0 Å². The van der Waals surface area contributed by atoms with Crippen LogP contribution in [-0.4, -0.2) is 35.7 Å². The number of hydrogen-bond donors (Lipinski definition) is 1. The number of nitrogens with one attached hydrogen (secondary N) is 1. The Morgan fingerprint density at radius 3 is 2.58 bits per heavy atom. The molecule has 0 atom stereocenters. The van der Waals surface area contributed by atoms with Gasteiger partial charge in [-0.15, -0.1) is 0 Å². The van der Waals surface area contributed by atoms with E-state index in [1.165, 1.54) is 11.1 Å². The first-order valence-corrected chi connectivity index (χ1v) is 12.6. The van der Waals surface area contributed by atoms with Crippen molar-refractivity contribution in [1.29, 1.82) is 0 Å². The third-order valence-corrected chi connectivity index (χ3v) is 6.52. The second-order valence-corrected chi connectivity index (χ2v) is 9.05. The van der Waals surface area contributed by atoms with E-state index in [9.17, 15) is 4.79 Å². The Balaban J connectivity index is 1.29. The van der Waals surface area contributed by atoms with Gasteiger partial charge >= 0.3 is 0 Å². The number of nitrogens with zero attached hydrogens (tertiary/aromatic N) is 2. The summed E-state index contributed by atoms with van der Waals surface area (Å²) in [5.41, 5.74) is 5.53. The molecular formula is C30H35N3O3. The highest BCUT2D eigenvalue weighted by Gasteiger charge is 2.11. The lowest BCUT2D eigenvalue weighted by Crippen LogP contribution is -2.28. The van der Waals surface area contributed by atoms with Gasteiger partial charge in [-0.2, -0.15) is 0 Å². The van der Waals surface area contributed by atoms with Crippen molar-refractivity contribution in [3.8, 4) is 11.5 Å². The fourth-order valence-corrected chi connectivity index (χ4v) is 4.31. The monoisotopic (exact) mass is 485 g/mol. The van der Waals surface area contributed by atoms with Crippen molar-refractivity contribution in [2.75, 3.05) is 20.3 Å². The van der Waals surface area contributed by atoms with Crippen molar-refractivity contribution < 1.29 is 14.3 Å². The molecule has 0 fully saturated rings. The highest BCUT2D eigenvalue weighted by Crippen LogP contribution is 2.21. The Bertz CT molecular complexity index is 1290. The number of ether oxygens (including phenoxy) is 2. The van der Waals surface area contributed by atoms with Crippen LogP contribution in [0.1, 0.15) is 35.4 Å². The van der Waals surface area contributed by atoms with Crippen LogP contribution in [0.3, 0.4) is 0 Å². The number of imidazole rings is 1. The molecule has 0 unspecified atom stereocenters. The van der Waals surface area contributed by atoms with Crippen molar-refractivity contribution in [2.24, 2.45) is 0 Å². The normalized spacial score (nSPS) is 11.0. The van der Waals surface area contributed by atoms with Gasteiger partial charge in [-0.05, 0) is 73.7 Å². The molecule has 6 heteroatoms. The maximum atomic E-state index is 12.4. The molecule has 0 aliphatic heterocycles. The van der Waals surface area contributed by atoms with Crippen LogP contribution in [-0.2, 0) is 24.2 Å². The average molecular weight is 486 g/mol. The van der Waals surface area contributed by atoms with Crippen molar-refractivity contribution in [2.45, 2.75) is 46.1 Å². The fraction of sp³-hybridized carbons (Fsp3) is 0.333. The van der Waals surface area contributed by atoms with Gasteiger partial charge in [0.1, 0.15) is 17.3 Å². The summed E-state index contributed by atoms with van der Waals surface area (Å²) in [7, 11) is 1.63. The molecule has 0 saturated carbocycles. The second kappa shape index (κ2) is 12.2. The lowest BCUT2D eigenvalue weighted by Gasteiger charge is -2.12. The Kier molecular flexibility index (Phi) is 8.61. The number of carbonyl (C=O) groups is 1. The van der Waals surface area contributed by atoms with E-state index in [4.69, 9.17) is 14.5 Å². The first-order chi connectivity index (χ1) is 17.5. The van der Waals surface area contributed by atoms with Gasteiger partial charge in [0.15, 0.2) is 0 Å². The van der Waals surface area contributed by atoms with Crippen LogP contribution in [0.15, 0.2) is 66.7 Å². The molecule has 1 aromatic heterocycles. The molecule has 4 aromatic rings. The van der Waals surface area contributed by atoms with Crippen molar-refractivity contribution >= 4 is 16.9 Å². The van der Waals surface area contributed by atoms with Gasteiger partial charge in [0, 0.05) is 19.5 Å². The summed E-state index contributed by atoms with van der Waals surface area (Å²) in [4.78, 5) is 17.3. The van der Waals surface area contributed by atoms with Crippen LogP contribution < -0.4 is 14.8 Å². The number of fused-ring (bicyclic) bond motifs is 1. The molecule has 1 N–H and O–H groups in total. The highest BCUT2D eigenvalue weighted by atomic mass is 16.5. The smallest absolute Gasteiger partial charge is 0.224 e. The van der Waals surface area contributed by atoms with Crippen molar-refractivity contribution in [3.63, 3.8) is 0 Å². The molecule has 6 nitrogen and oxygen atoms in total. The number of methoxy groups -OCH3 is 1. The number of carbonyl (C=O) groups excluding carboxylic acids is 1. The molecule has 0 aliphatic rings. The molecule has 1 heterocycles. The molecule has 0 saturated heterocycles. The van der Waals surface area contributed by atoms with Crippen LogP contribution in [0.25, 0.3) is 11.0 Å². The van der Waals surface area contributed by atoms with E-state index in [2.05, 4.69) is 35.9 Å². The third kappa shape index (κ3) is 6.45. The molecule has 36 heavy (non-hydrogen) atoms. The van der Waals surface area contributed by atoms with Gasteiger partial charge in [-0.1, -0.05) is 36.4 Å². The van der Waals surface area contributed by atoms with Crippen LogP contribution in [0.4, 0.5) is 0 Å². The van der Waals surface area contributed by atoms with Crippen LogP contribution in [0, 0.1) is 13.8 Å². The number of hydrogen-bond acceptors (Lipinski definition) is 4. The molecule has 3 aromatic carbocycles. The third-order valence-electron chi connectivity index (χ3n) is 6.52. The molecule has 0 spiro atoms. The Labute approximate surface area is 213 Å². The van der Waals surface area contributed by atoms with E-state index in [0.717, 1.165) is 53.3 Å². The molecule has 188 valence electrons. The van der Waals surface area contributed by atoms with Gasteiger partial charge in [-0.3, -0.25) is 4.79 Å². The summed E-state index contributed by atoms with van der Waals surface area (Å²) in [6.45, 7) is 6.31. The summed E-state index contributed by atoms with van der Waals surface area (Å²) >= 11 is 0. The van der Waals surface area contributed by atoms with E-state index in [0.29, 0.717) is 26.0 Å². The summed E-state index contributed by atoms with van der Waals surface area (Å²) in [5, 5.41) is 3.04. The Hall–Kier alpha value is -3.80. The van der Waals surface area contributed by atoms with Crippen LogP contribution in [0.5, 0.6) is 11.5 Å². The first kappa shape index (κ1) is 25.3. The summed E-state index contributed by atoms with van der Waals surface area (Å²) in [5.74, 6) is 2.76. The van der Waals surface area contributed by atoms with E-state index in [1.54, 1.807) is 7.11 Å². The summed E-state index contributed by atoms with van der Waals surface area (Å²) < 4.78 is 13.5. The lowest BCUT2D eigenvalue weighted by molar-refractivity contribution is -0.120. The minimum absolute atomic E-state index is 0.00594. The number of rotatable bonds is 12. The number of amides is 1. The zero-order valence-corrected chi connectivity index (χ0v) is 21.4. The second-order valence-electron chi connectivity index (χ2n) is 9.05. The number of benzene rings is 3. The summed E-state index contributed by atoms with van der Waals surface area (Å²) in [6.07, 6.45) is 2.98. The minimum Gasteiger partial charge on any atom is -0.497 e. The largest absolute Gasteiger partial charge is 0.497 e. The first-order valence-electron chi connectivity index (χ1n) is 12.6. The SMILES string of the molecule is COc1ccc(CC(=O)NCCc2nc3ccccc3n2CCCCOc2cccc(C)c2C)cc1. The maximum Gasteiger partial charge on any atom is 0.224 e. The van der Waals surface area contributed by atoms with Gasteiger partial charge in [0.2, 0.25) is 5.91 Å². The topological polar surface area (TPSA) is 65.4 Å². The molecule has 4 rings (SSSR count). The fourth-order valence-electron chi connectivity index (χ4n) is 4.31. The molecule has 1 amide bonds. The molecular weight excluding hydrogens is 450 g/mol. The highest BCUT2D eigenvalue weighted by molar-refractivity contribution is 5.78. The average Bonchev–Trinajstić information content (AvgIpc) is 3.24. The zero-order chi connectivity index (χ0) is 25.3.